The summed E-state index contributed by atoms with van der Waals surface area (Å²) in [6.07, 6.45) is 1.64. The number of aromatic amines is 1. The fraction of sp³-hybridized carbons (Fsp3) is 0. The minimum absolute atomic E-state index is 0.276. The van der Waals surface area contributed by atoms with E-state index in [0.29, 0.717) is 11.4 Å². The Morgan fingerprint density at radius 2 is 1.89 bits per heavy atom. The third-order valence-corrected chi connectivity index (χ3v) is 2.53. The van der Waals surface area contributed by atoms with Crippen molar-refractivity contribution in [3.8, 4) is 22.5 Å². The molecule has 2 aromatic heterocycles. The predicted molar refractivity (Wildman–Crippen MR) is 65.1 cm³/mol. The molecule has 0 aliphatic carbocycles. The monoisotopic (exact) mass is 239 g/mol. The van der Waals surface area contributed by atoms with Crippen molar-refractivity contribution in [1.82, 2.24) is 30.8 Å². The number of anilines is 1. The fourth-order valence-electron chi connectivity index (χ4n) is 1.74. The van der Waals surface area contributed by atoms with Crippen molar-refractivity contribution < 1.29 is 0 Å². The number of nitrogens with one attached hydrogen (secondary N) is 1. The lowest BCUT2D eigenvalue weighted by Crippen LogP contribution is -2.00. The van der Waals surface area contributed by atoms with Gasteiger partial charge in [0, 0.05) is 5.56 Å². The zero-order valence-corrected chi connectivity index (χ0v) is 9.28. The van der Waals surface area contributed by atoms with E-state index in [4.69, 9.17) is 5.73 Å². The number of hydrogen-bond acceptors (Lipinski definition) is 6. The van der Waals surface area contributed by atoms with E-state index in [9.17, 15) is 0 Å². The van der Waals surface area contributed by atoms with Crippen LogP contribution < -0.4 is 5.73 Å². The minimum atomic E-state index is 0.276. The molecule has 18 heavy (non-hydrogen) atoms. The maximum Gasteiger partial charge on any atom is 0.209 e. The van der Waals surface area contributed by atoms with Crippen LogP contribution >= 0.6 is 0 Å². The van der Waals surface area contributed by atoms with Crippen molar-refractivity contribution in [3.05, 3.63) is 36.5 Å². The van der Waals surface area contributed by atoms with Crippen LogP contribution in [0.15, 0.2) is 36.5 Å². The molecule has 3 N–H and O–H groups in total. The molecular formula is C11H9N7. The molecule has 7 nitrogen and oxygen atoms in total. The molecule has 1 aromatic carbocycles. The first-order valence-electron chi connectivity index (χ1n) is 5.26. The van der Waals surface area contributed by atoms with E-state index in [1.54, 1.807) is 6.20 Å². The number of benzene rings is 1. The van der Waals surface area contributed by atoms with Gasteiger partial charge >= 0.3 is 0 Å². The van der Waals surface area contributed by atoms with E-state index in [0.717, 1.165) is 11.1 Å². The average Bonchev–Trinajstić information content (AvgIpc) is 2.93. The molecular weight excluding hydrogens is 230 g/mol. The number of nitrogen functional groups attached to an aromatic ring is 1. The highest BCUT2D eigenvalue weighted by Crippen LogP contribution is 2.31. The van der Waals surface area contributed by atoms with Crippen LogP contribution in [0.5, 0.6) is 0 Å². The average molecular weight is 239 g/mol. The van der Waals surface area contributed by atoms with Crippen LogP contribution in [0.2, 0.25) is 0 Å². The second kappa shape index (κ2) is 4.21. The summed E-state index contributed by atoms with van der Waals surface area (Å²) < 4.78 is 0. The minimum Gasteiger partial charge on any atom is -0.382 e. The van der Waals surface area contributed by atoms with Crippen molar-refractivity contribution in [2.75, 3.05) is 5.73 Å². The number of rotatable bonds is 2. The summed E-state index contributed by atoms with van der Waals surface area (Å²) >= 11 is 0. The van der Waals surface area contributed by atoms with Gasteiger partial charge in [0.05, 0.1) is 11.8 Å². The fourth-order valence-corrected chi connectivity index (χ4v) is 1.74. The number of tetrazole rings is 1. The highest BCUT2D eigenvalue weighted by atomic mass is 15.5. The van der Waals surface area contributed by atoms with Crippen molar-refractivity contribution in [2.45, 2.75) is 0 Å². The quantitative estimate of drug-likeness (QED) is 0.688. The van der Waals surface area contributed by atoms with Gasteiger partial charge in [-0.1, -0.05) is 30.3 Å². The van der Waals surface area contributed by atoms with Crippen LogP contribution in [0, 0.1) is 0 Å². The van der Waals surface area contributed by atoms with E-state index < -0.39 is 0 Å². The first-order valence-corrected chi connectivity index (χ1v) is 5.26. The number of nitrogens with two attached hydrogens (primary N) is 1. The molecule has 88 valence electrons. The van der Waals surface area contributed by atoms with Crippen molar-refractivity contribution in [2.24, 2.45) is 0 Å². The Balaban J connectivity index is 2.25. The van der Waals surface area contributed by atoms with Crippen LogP contribution in [0.4, 0.5) is 5.82 Å². The summed E-state index contributed by atoms with van der Waals surface area (Å²) in [5.74, 6) is 0.680. The molecule has 0 aliphatic heterocycles. The van der Waals surface area contributed by atoms with Crippen LogP contribution in [-0.2, 0) is 0 Å². The van der Waals surface area contributed by atoms with Crippen LogP contribution in [-0.4, -0.2) is 30.8 Å². The van der Waals surface area contributed by atoms with Gasteiger partial charge in [0.2, 0.25) is 5.82 Å². The molecule has 3 rings (SSSR count). The second-order valence-corrected chi connectivity index (χ2v) is 3.62. The summed E-state index contributed by atoms with van der Waals surface area (Å²) in [6, 6.07) is 9.73. The first kappa shape index (κ1) is 10.3. The van der Waals surface area contributed by atoms with Gasteiger partial charge in [-0.15, -0.1) is 15.3 Å². The Labute approximate surface area is 102 Å². The molecule has 0 amide bonds. The van der Waals surface area contributed by atoms with Crippen LogP contribution in [0.1, 0.15) is 0 Å². The lowest BCUT2D eigenvalue weighted by atomic mass is 10.0. The molecule has 0 unspecified atom stereocenters. The van der Waals surface area contributed by atoms with Gasteiger partial charge in [0.1, 0.15) is 0 Å². The van der Waals surface area contributed by atoms with Gasteiger partial charge < -0.3 is 5.73 Å². The standard InChI is InChI=1S/C11H9N7/c12-10-9(11-15-17-18-16-11)8(6-13-14-10)7-4-2-1-3-5-7/h1-6H,(H2,12,14)(H,15,16,17,18). The van der Waals surface area contributed by atoms with Crippen LogP contribution in [0.3, 0.4) is 0 Å². The van der Waals surface area contributed by atoms with Crippen molar-refractivity contribution >= 4 is 5.82 Å². The molecule has 2 heterocycles. The summed E-state index contributed by atoms with van der Waals surface area (Å²) in [5, 5.41) is 21.5. The van der Waals surface area contributed by atoms with Crippen molar-refractivity contribution in [3.63, 3.8) is 0 Å². The van der Waals surface area contributed by atoms with Gasteiger partial charge in [-0.2, -0.15) is 10.3 Å². The number of aromatic nitrogens is 6. The molecule has 7 heteroatoms. The molecule has 0 bridgehead atoms. The number of hydrogen-bond donors (Lipinski definition) is 2. The Hall–Kier alpha value is -2.83. The van der Waals surface area contributed by atoms with Gasteiger partial charge in [-0.3, -0.25) is 0 Å². The predicted octanol–water partition coefficient (Wildman–Crippen LogP) is 0.906. The normalized spacial score (nSPS) is 10.4. The highest BCUT2D eigenvalue weighted by Gasteiger charge is 2.15. The lowest BCUT2D eigenvalue weighted by Gasteiger charge is -2.07. The molecule has 0 atom stereocenters. The topological polar surface area (TPSA) is 106 Å². The zero-order valence-electron chi connectivity index (χ0n) is 9.28. The molecule has 0 fully saturated rings. The summed E-state index contributed by atoms with van der Waals surface area (Å²) in [5.41, 5.74) is 8.28. The zero-order chi connectivity index (χ0) is 12.4. The first-order chi connectivity index (χ1) is 8.86. The maximum atomic E-state index is 5.85. The van der Waals surface area contributed by atoms with Crippen LogP contribution in [0.25, 0.3) is 22.5 Å². The van der Waals surface area contributed by atoms with Gasteiger partial charge in [-0.05, 0) is 10.8 Å². The van der Waals surface area contributed by atoms with Crippen molar-refractivity contribution in [1.29, 1.82) is 0 Å². The summed E-state index contributed by atoms with van der Waals surface area (Å²) in [4.78, 5) is 0. The highest BCUT2D eigenvalue weighted by molar-refractivity contribution is 5.85. The maximum absolute atomic E-state index is 5.85. The molecule has 0 saturated heterocycles. The largest absolute Gasteiger partial charge is 0.382 e. The molecule has 0 aliphatic rings. The van der Waals surface area contributed by atoms with E-state index in [1.165, 1.54) is 0 Å². The SMILES string of the molecule is Nc1nncc(-c2ccccc2)c1-c1nn[nH]n1. The smallest absolute Gasteiger partial charge is 0.209 e. The Kier molecular flexibility index (Phi) is 2.41. The van der Waals surface area contributed by atoms with Gasteiger partial charge in [-0.25, -0.2) is 0 Å². The van der Waals surface area contributed by atoms with E-state index in [1.807, 2.05) is 30.3 Å². The molecule has 3 aromatic rings. The third-order valence-electron chi connectivity index (χ3n) is 2.53. The van der Waals surface area contributed by atoms with E-state index in [2.05, 4.69) is 30.8 Å². The number of nitrogens with zero attached hydrogens (tertiary/aromatic N) is 5. The Morgan fingerprint density at radius 1 is 1.06 bits per heavy atom. The third kappa shape index (κ3) is 1.67. The Morgan fingerprint density at radius 3 is 2.61 bits per heavy atom. The van der Waals surface area contributed by atoms with E-state index in [-0.39, 0.29) is 5.82 Å². The summed E-state index contributed by atoms with van der Waals surface area (Å²) in [6.45, 7) is 0. The molecule has 0 radical (unpaired) electrons. The Bertz CT molecular complexity index is 648. The molecule has 0 spiro atoms. The molecule has 0 saturated carbocycles. The summed E-state index contributed by atoms with van der Waals surface area (Å²) in [7, 11) is 0. The lowest BCUT2D eigenvalue weighted by molar-refractivity contribution is 0.881. The van der Waals surface area contributed by atoms with E-state index >= 15 is 0 Å². The van der Waals surface area contributed by atoms with Gasteiger partial charge in [0.25, 0.3) is 0 Å². The number of H-pyrrole nitrogens is 1. The van der Waals surface area contributed by atoms with Gasteiger partial charge in [0.15, 0.2) is 5.82 Å². The second-order valence-electron chi connectivity index (χ2n) is 3.62.